The molecule has 1 saturated carbocycles. The molecule has 5 nitrogen and oxygen atoms in total. The molecule has 2 unspecified atom stereocenters. The van der Waals surface area contributed by atoms with Gasteiger partial charge in [-0.15, -0.1) is 0 Å². The van der Waals surface area contributed by atoms with Gasteiger partial charge in [-0.3, -0.25) is 4.79 Å². The Morgan fingerprint density at radius 2 is 2.09 bits per heavy atom. The maximum absolute atomic E-state index is 12.3. The molecule has 1 spiro atoms. The molecule has 2 aliphatic heterocycles. The Morgan fingerprint density at radius 3 is 2.91 bits per heavy atom. The normalized spacial score (nSPS) is 29.2. The van der Waals surface area contributed by atoms with Gasteiger partial charge >= 0.3 is 5.97 Å². The van der Waals surface area contributed by atoms with Gasteiger partial charge in [0.05, 0.1) is 19.6 Å². The minimum atomic E-state index is -0.570. The fourth-order valence-electron chi connectivity index (χ4n) is 4.09. The van der Waals surface area contributed by atoms with Crippen LogP contribution in [0.25, 0.3) is 0 Å². The lowest BCUT2D eigenvalue weighted by Crippen LogP contribution is -2.48. The first kappa shape index (κ1) is 13.9. The number of rotatable bonds is 1. The zero-order valence-electron chi connectivity index (χ0n) is 12.7. The highest BCUT2D eigenvalue weighted by Crippen LogP contribution is 2.51. The number of benzene rings is 1. The summed E-state index contributed by atoms with van der Waals surface area (Å²) in [6.07, 6.45) is 4.58. The van der Waals surface area contributed by atoms with E-state index >= 15 is 0 Å². The summed E-state index contributed by atoms with van der Waals surface area (Å²) in [4.78, 5) is 12.3. The van der Waals surface area contributed by atoms with Crippen molar-refractivity contribution in [2.24, 2.45) is 5.92 Å². The molecule has 22 heavy (non-hydrogen) atoms. The molecule has 2 atom stereocenters. The van der Waals surface area contributed by atoms with Crippen molar-refractivity contribution in [1.29, 1.82) is 0 Å². The summed E-state index contributed by atoms with van der Waals surface area (Å²) in [5, 5.41) is 0. The molecule has 0 saturated heterocycles. The fraction of sp³-hybridized carbons (Fsp3) is 0.588. The monoisotopic (exact) mass is 304 g/mol. The summed E-state index contributed by atoms with van der Waals surface area (Å²) in [5.74, 6) is 1.12. The fourth-order valence-corrected chi connectivity index (χ4v) is 4.09. The van der Waals surface area contributed by atoms with Gasteiger partial charge in [0.25, 0.3) is 0 Å². The largest absolute Gasteiger partial charge is 0.469 e. The number of fused-ring (bicyclic) bond motifs is 3. The summed E-state index contributed by atoms with van der Waals surface area (Å²) >= 11 is 0. The summed E-state index contributed by atoms with van der Waals surface area (Å²) in [7, 11) is 1.45. The molecule has 0 amide bonds. The Kier molecular flexibility index (Phi) is 3.26. The Labute approximate surface area is 129 Å². The number of esters is 1. The zero-order chi connectivity index (χ0) is 15.2. The smallest absolute Gasteiger partial charge is 0.311 e. The predicted octanol–water partition coefficient (Wildman–Crippen LogP) is 2.55. The van der Waals surface area contributed by atoms with Crippen LogP contribution in [0.1, 0.15) is 36.8 Å². The molecule has 0 bridgehead atoms. The predicted molar refractivity (Wildman–Crippen MR) is 77.9 cm³/mol. The first-order valence-corrected chi connectivity index (χ1v) is 7.89. The molecular weight excluding hydrogens is 284 g/mol. The van der Waals surface area contributed by atoms with E-state index in [0.29, 0.717) is 6.61 Å². The number of carbonyl (C=O) groups excluding carboxylic acids is 1. The number of carbonyl (C=O) groups is 1. The molecule has 2 heterocycles. The quantitative estimate of drug-likeness (QED) is 0.746. The number of methoxy groups -OCH3 is 1. The third-order valence-electron chi connectivity index (χ3n) is 5.12. The van der Waals surface area contributed by atoms with E-state index in [-0.39, 0.29) is 18.7 Å². The van der Waals surface area contributed by atoms with E-state index in [1.54, 1.807) is 0 Å². The van der Waals surface area contributed by atoms with Crippen LogP contribution in [0.15, 0.2) is 12.1 Å². The van der Waals surface area contributed by atoms with Gasteiger partial charge in [0.2, 0.25) is 6.79 Å². The summed E-state index contributed by atoms with van der Waals surface area (Å²) in [6.45, 7) is 0.882. The van der Waals surface area contributed by atoms with Crippen LogP contribution >= 0.6 is 0 Å². The highest BCUT2D eigenvalue weighted by molar-refractivity contribution is 5.75. The second-order valence-electron chi connectivity index (χ2n) is 6.17. The number of hydrogen-bond donors (Lipinski definition) is 0. The molecule has 1 aromatic carbocycles. The van der Waals surface area contributed by atoms with Crippen LogP contribution in [-0.4, -0.2) is 26.5 Å². The van der Waals surface area contributed by atoms with Crippen molar-refractivity contribution in [3.63, 3.8) is 0 Å². The van der Waals surface area contributed by atoms with Crippen LogP contribution in [0, 0.1) is 5.92 Å². The van der Waals surface area contributed by atoms with E-state index in [9.17, 15) is 4.79 Å². The maximum Gasteiger partial charge on any atom is 0.311 e. The molecule has 118 valence electrons. The van der Waals surface area contributed by atoms with Crippen molar-refractivity contribution in [3.8, 4) is 11.5 Å². The summed E-state index contributed by atoms with van der Waals surface area (Å²) < 4.78 is 22.3. The van der Waals surface area contributed by atoms with Crippen molar-refractivity contribution in [2.45, 2.75) is 37.7 Å². The molecule has 1 fully saturated rings. The average Bonchev–Trinajstić information content (AvgIpc) is 3.01. The second-order valence-corrected chi connectivity index (χ2v) is 6.17. The summed E-state index contributed by atoms with van der Waals surface area (Å²) in [6, 6.07) is 4.06. The van der Waals surface area contributed by atoms with Crippen LogP contribution < -0.4 is 9.47 Å². The zero-order valence-corrected chi connectivity index (χ0v) is 12.7. The van der Waals surface area contributed by atoms with Crippen LogP contribution in [0.4, 0.5) is 0 Å². The van der Waals surface area contributed by atoms with Crippen LogP contribution in [-0.2, 0) is 26.3 Å². The van der Waals surface area contributed by atoms with Gasteiger partial charge in [0.15, 0.2) is 11.5 Å². The highest BCUT2D eigenvalue weighted by atomic mass is 16.7. The maximum atomic E-state index is 12.3. The topological polar surface area (TPSA) is 54.0 Å². The minimum Gasteiger partial charge on any atom is -0.469 e. The van der Waals surface area contributed by atoms with Gasteiger partial charge in [0.1, 0.15) is 5.60 Å². The van der Waals surface area contributed by atoms with Crippen molar-refractivity contribution in [1.82, 2.24) is 0 Å². The molecule has 3 aliphatic rings. The van der Waals surface area contributed by atoms with Gasteiger partial charge in [0, 0.05) is 0 Å². The molecule has 1 aromatic rings. The van der Waals surface area contributed by atoms with E-state index in [0.717, 1.165) is 49.2 Å². The Bertz CT molecular complexity index is 611. The summed E-state index contributed by atoms with van der Waals surface area (Å²) in [5.41, 5.74) is 1.71. The molecule has 1 aliphatic carbocycles. The Morgan fingerprint density at radius 1 is 1.27 bits per heavy atom. The number of ether oxygens (including phenoxy) is 4. The average molecular weight is 304 g/mol. The van der Waals surface area contributed by atoms with E-state index in [1.165, 1.54) is 12.7 Å². The lowest BCUT2D eigenvalue weighted by molar-refractivity contribution is -0.172. The standard InChI is InChI=1S/C17H20O5/c1-19-16(18)12-4-2-3-6-17(12)13-9-15-14(20-10-21-15)8-11(13)5-7-22-17/h8-9,12H,2-7,10H2,1H3. The van der Waals surface area contributed by atoms with Crippen molar-refractivity contribution >= 4 is 5.97 Å². The van der Waals surface area contributed by atoms with Gasteiger partial charge in [-0.2, -0.15) is 0 Å². The van der Waals surface area contributed by atoms with E-state index < -0.39 is 5.60 Å². The Hall–Kier alpha value is -1.75. The van der Waals surface area contributed by atoms with Crippen molar-refractivity contribution < 1.29 is 23.7 Å². The lowest BCUT2D eigenvalue weighted by Gasteiger charge is -2.46. The van der Waals surface area contributed by atoms with E-state index in [1.807, 2.05) is 12.1 Å². The third-order valence-corrected chi connectivity index (χ3v) is 5.12. The van der Waals surface area contributed by atoms with Crippen LogP contribution in [0.3, 0.4) is 0 Å². The van der Waals surface area contributed by atoms with Gasteiger partial charge in [-0.05, 0) is 42.5 Å². The molecular formula is C17H20O5. The van der Waals surface area contributed by atoms with Gasteiger partial charge in [-0.25, -0.2) is 0 Å². The third kappa shape index (κ3) is 1.92. The van der Waals surface area contributed by atoms with Gasteiger partial charge in [-0.1, -0.05) is 12.8 Å². The van der Waals surface area contributed by atoms with Crippen LogP contribution in [0.5, 0.6) is 11.5 Å². The lowest BCUT2D eigenvalue weighted by atomic mass is 9.68. The van der Waals surface area contributed by atoms with Crippen molar-refractivity contribution in [2.75, 3.05) is 20.5 Å². The molecule has 4 rings (SSSR count). The first-order valence-electron chi connectivity index (χ1n) is 7.89. The Balaban J connectivity index is 1.84. The van der Waals surface area contributed by atoms with Crippen molar-refractivity contribution in [3.05, 3.63) is 23.3 Å². The first-order chi connectivity index (χ1) is 10.7. The highest BCUT2D eigenvalue weighted by Gasteiger charge is 2.50. The van der Waals surface area contributed by atoms with E-state index in [2.05, 4.69) is 0 Å². The number of hydrogen-bond acceptors (Lipinski definition) is 5. The van der Waals surface area contributed by atoms with Crippen LogP contribution in [0.2, 0.25) is 0 Å². The van der Waals surface area contributed by atoms with E-state index in [4.69, 9.17) is 18.9 Å². The molecule has 0 N–H and O–H groups in total. The SMILES string of the molecule is COC(=O)C1CCCCC12OCCc1cc3c(cc12)OCO3. The molecule has 0 aromatic heterocycles. The second kappa shape index (κ2) is 5.16. The molecule has 0 radical (unpaired) electrons. The van der Waals surface area contributed by atoms with Gasteiger partial charge < -0.3 is 18.9 Å². The minimum absolute atomic E-state index is 0.176. The molecule has 5 heteroatoms.